The van der Waals surface area contributed by atoms with E-state index >= 15 is 0 Å². The molecule has 0 aromatic heterocycles. The Hall–Kier alpha value is -2.08. The summed E-state index contributed by atoms with van der Waals surface area (Å²) in [5.41, 5.74) is 5.93. The van der Waals surface area contributed by atoms with Gasteiger partial charge < -0.3 is 19.5 Å². The summed E-state index contributed by atoms with van der Waals surface area (Å²) in [6, 6.07) is 2.89. The fourth-order valence-corrected chi connectivity index (χ4v) is 5.47. The van der Waals surface area contributed by atoms with Gasteiger partial charge in [0.05, 0.1) is 13.2 Å². The van der Waals surface area contributed by atoms with Crippen molar-refractivity contribution in [2.45, 2.75) is 63.9 Å². The number of aliphatic imine (C=N–C) groups is 1. The highest BCUT2D eigenvalue weighted by Crippen LogP contribution is 2.40. The minimum atomic E-state index is -1.02. The molecule has 0 amide bonds. The number of nitrogens with one attached hydrogen (secondary N) is 1. The molecule has 1 fully saturated rings. The molecule has 1 aromatic carbocycles. The van der Waals surface area contributed by atoms with Crippen molar-refractivity contribution in [3.05, 3.63) is 28.3 Å². The van der Waals surface area contributed by atoms with Crippen LogP contribution in [0.3, 0.4) is 0 Å². The SMILES string of the molecule is CCOC(=O)[C@]1(C2CCOCC2)CN=C(Nc2c3c(cc4c2CCC4)CCC3)O1. The number of hydrogen-bond donors (Lipinski definition) is 1. The molecule has 0 unspecified atom stereocenters. The molecular weight excluding hydrogens is 368 g/mol. The molecule has 2 aliphatic heterocycles. The molecule has 29 heavy (non-hydrogen) atoms. The molecule has 6 heteroatoms. The molecule has 1 saturated heterocycles. The summed E-state index contributed by atoms with van der Waals surface area (Å²) in [7, 11) is 0. The number of esters is 1. The monoisotopic (exact) mass is 398 g/mol. The molecule has 5 rings (SSSR count). The van der Waals surface area contributed by atoms with Crippen molar-refractivity contribution in [1.29, 1.82) is 0 Å². The Bertz CT molecular complexity index is 812. The fourth-order valence-electron chi connectivity index (χ4n) is 5.47. The van der Waals surface area contributed by atoms with Gasteiger partial charge in [0, 0.05) is 24.8 Å². The summed E-state index contributed by atoms with van der Waals surface area (Å²) in [6.45, 7) is 3.79. The van der Waals surface area contributed by atoms with Crippen LogP contribution in [0.25, 0.3) is 0 Å². The first-order valence-corrected chi connectivity index (χ1v) is 11.1. The molecule has 6 nitrogen and oxygen atoms in total. The number of carbonyl (C=O) groups is 1. The summed E-state index contributed by atoms with van der Waals surface area (Å²) in [4.78, 5) is 17.6. The molecule has 156 valence electrons. The molecular formula is C23H30N2O4. The van der Waals surface area contributed by atoms with Crippen LogP contribution >= 0.6 is 0 Å². The largest absolute Gasteiger partial charge is 0.463 e. The number of benzene rings is 1. The average Bonchev–Trinajstić information content (AvgIpc) is 3.48. The van der Waals surface area contributed by atoms with Gasteiger partial charge >= 0.3 is 5.97 Å². The van der Waals surface area contributed by atoms with Crippen LogP contribution in [0.1, 0.15) is 54.9 Å². The third kappa shape index (κ3) is 3.21. The number of aryl methyl sites for hydroxylation is 2. The van der Waals surface area contributed by atoms with Crippen molar-refractivity contribution < 1.29 is 19.0 Å². The lowest BCUT2D eigenvalue weighted by molar-refractivity contribution is -0.169. The number of carbonyl (C=O) groups excluding carboxylic acids is 1. The second-order valence-corrected chi connectivity index (χ2v) is 8.58. The smallest absolute Gasteiger partial charge is 0.352 e. The van der Waals surface area contributed by atoms with E-state index < -0.39 is 5.60 Å². The Kier molecular flexibility index (Phi) is 4.98. The first-order chi connectivity index (χ1) is 14.2. The molecule has 1 aromatic rings. The molecule has 1 N–H and O–H groups in total. The third-order valence-electron chi connectivity index (χ3n) is 6.94. The Morgan fingerprint density at radius 3 is 2.52 bits per heavy atom. The van der Waals surface area contributed by atoms with Gasteiger partial charge in [-0.2, -0.15) is 0 Å². The van der Waals surface area contributed by atoms with Crippen molar-refractivity contribution in [2.75, 3.05) is 31.7 Å². The standard InChI is InChI=1S/C23H30N2O4/c1-2-28-21(26)23(17-9-11-27-12-10-17)14-24-22(29-23)25-20-18-7-3-5-15(18)13-16-6-4-8-19(16)20/h13,17H,2-12,14H2,1H3,(H,24,25)/t23-/m1/s1. The highest BCUT2D eigenvalue weighted by atomic mass is 16.6. The lowest BCUT2D eigenvalue weighted by Gasteiger charge is -2.36. The van der Waals surface area contributed by atoms with E-state index in [9.17, 15) is 4.79 Å². The lowest BCUT2D eigenvalue weighted by atomic mass is 9.82. The molecule has 0 radical (unpaired) electrons. The van der Waals surface area contributed by atoms with E-state index in [0.29, 0.717) is 32.4 Å². The topological polar surface area (TPSA) is 69.2 Å². The van der Waals surface area contributed by atoms with Gasteiger partial charge in [-0.15, -0.1) is 0 Å². The zero-order valence-corrected chi connectivity index (χ0v) is 17.2. The second-order valence-electron chi connectivity index (χ2n) is 8.58. The summed E-state index contributed by atoms with van der Waals surface area (Å²) >= 11 is 0. The predicted molar refractivity (Wildman–Crippen MR) is 110 cm³/mol. The van der Waals surface area contributed by atoms with Crippen molar-refractivity contribution in [1.82, 2.24) is 0 Å². The minimum absolute atomic E-state index is 0.0607. The van der Waals surface area contributed by atoms with E-state index in [1.54, 1.807) is 0 Å². The Morgan fingerprint density at radius 1 is 1.17 bits per heavy atom. The average molecular weight is 399 g/mol. The maximum atomic E-state index is 12.9. The number of amidine groups is 1. The van der Waals surface area contributed by atoms with Crippen LogP contribution in [0.4, 0.5) is 5.69 Å². The van der Waals surface area contributed by atoms with Crippen LogP contribution < -0.4 is 5.32 Å². The van der Waals surface area contributed by atoms with Crippen molar-refractivity contribution in [3.8, 4) is 0 Å². The third-order valence-corrected chi connectivity index (χ3v) is 6.94. The van der Waals surface area contributed by atoms with E-state index in [1.807, 2.05) is 6.92 Å². The van der Waals surface area contributed by atoms with Crippen LogP contribution in [-0.2, 0) is 44.7 Å². The van der Waals surface area contributed by atoms with Crippen molar-refractivity contribution >= 4 is 17.7 Å². The maximum absolute atomic E-state index is 12.9. The molecule has 2 heterocycles. The van der Waals surface area contributed by atoms with Gasteiger partial charge in [0.15, 0.2) is 0 Å². The zero-order valence-electron chi connectivity index (χ0n) is 17.2. The van der Waals surface area contributed by atoms with Crippen LogP contribution in [0.2, 0.25) is 0 Å². The Morgan fingerprint density at radius 2 is 1.86 bits per heavy atom. The first kappa shape index (κ1) is 18.9. The molecule has 0 bridgehead atoms. The van der Waals surface area contributed by atoms with E-state index in [1.165, 1.54) is 40.8 Å². The Labute approximate surface area is 172 Å². The van der Waals surface area contributed by atoms with Crippen LogP contribution in [-0.4, -0.2) is 44.0 Å². The number of nitrogens with zero attached hydrogens (tertiary/aromatic N) is 1. The summed E-state index contributed by atoms with van der Waals surface area (Å²) in [5, 5.41) is 3.52. The fraction of sp³-hybridized carbons (Fsp3) is 0.652. The number of ether oxygens (including phenoxy) is 3. The van der Waals surface area contributed by atoms with Gasteiger partial charge in [0.1, 0.15) is 0 Å². The zero-order chi connectivity index (χ0) is 19.8. The number of fused-ring (bicyclic) bond motifs is 2. The van der Waals surface area contributed by atoms with Crippen LogP contribution in [0, 0.1) is 5.92 Å². The van der Waals surface area contributed by atoms with Gasteiger partial charge in [-0.25, -0.2) is 9.79 Å². The van der Waals surface area contributed by atoms with Gasteiger partial charge in [0.25, 0.3) is 6.02 Å². The lowest BCUT2D eigenvalue weighted by Crippen LogP contribution is -2.52. The van der Waals surface area contributed by atoms with Gasteiger partial charge in [-0.3, -0.25) is 0 Å². The molecule has 0 saturated carbocycles. The second kappa shape index (κ2) is 7.63. The van der Waals surface area contributed by atoms with E-state index in [-0.39, 0.29) is 11.9 Å². The highest BCUT2D eigenvalue weighted by molar-refractivity contribution is 5.96. The Balaban J connectivity index is 1.42. The van der Waals surface area contributed by atoms with E-state index in [2.05, 4.69) is 16.4 Å². The van der Waals surface area contributed by atoms with Gasteiger partial charge in [0.2, 0.25) is 5.60 Å². The summed E-state index contributed by atoms with van der Waals surface area (Å²) in [5.74, 6) is -0.235. The normalized spacial score (nSPS) is 25.9. The van der Waals surface area contributed by atoms with Gasteiger partial charge in [-0.1, -0.05) is 6.07 Å². The van der Waals surface area contributed by atoms with Crippen molar-refractivity contribution in [3.63, 3.8) is 0 Å². The molecule has 4 aliphatic rings. The number of hydrogen-bond acceptors (Lipinski definition) is 6. The van der Waals surface area contributed by atoms with Gasteiger partial charge in [-0.05, 0) is 80.5 Å². The number of anilines is 1. The van der Waals surface area contributed by atoms with Crippen LogP contribution in [0.5, 0.6) is 0 Å². The predicted octanol–water partition coefficient (Wildman–Crippen LogP) is 3.19. The van der Waals surface area contributed by atoms with Crippen LogP contribution in [0.15, 0.2) is 11.1 Å². The number of rotatable bonds is 4. The van der Waals surface area contributed by atoms with E-state index in [4.69, 9.17) is 14.2 Å². The highest BCUT2D eigenvalue weighted by Gasteiger charge is 2.53. The minimum Gasteiger partial charge on any atom is -0.463 e. The van der Waals surface area contributed by atoms with Crippen molar-refractivity contribution in [2.24, 2.45) is 10.9 Å². The molecule has 0 spiro atoms. The maximum Gasteiger partial charge on any atom is 0.352 e. The first-order valence-electron chi connectivity index (χ1n) is 11.1. The van der Waals surface area contributed by atoms with E-state index in [0.717, 1.165) is 38.5 Å². The molecule has 1 atom stereocenters. The summed E-state index contributed by atoms with van der Waals surface area (Å²) < 4.78 is 17.3. The molecule has 2 aliphatic carbocycles. The quantitative estimate of drug-likeness (QED) is 0.789. The summed E-state index contributed by atoms with van der Waals surface area (Å²) in [6.07, 6.45) is 8.49.